The number of aliphatic hydroxyl groups is 4. The first-order chi connectivity index (χ1) is 11.2. The number of esters is 1. The molecule has 0 bridgehead atoms. The molecule has 10 nitrogen and oxygen atoms in total. The molecule has 1 aromatic rings. The smallest absolute Gasteiger partial charge is 0.306 e. The summed E-state index contributed by atoms with van der Waals surface area (Å²) < 4.78 is 11.2. The molecule has 2 rings (SSSR count). The summed E-state index contributed by atoms with van der Waals surface area (Å²) in [6.45, 7) is 3.04. The van der Waals surface area contributed by atoms with Gasteiger partial charge in [-0.2, -0.15) is 0 Å². The minimum Gasteiger partial charge on any atom is -0.469 e. The number of nitrogens with zero attached hydrogens (tertiary/aromatic N) is 3. The third-order valence-electron chi connectivity index (χ3n) is 4.15. The maximum Gasteiger partial charge on any atom is 0.306 e. The first-order valence-electron chi connectivity index (χ1n) is 7.51. The molecule has 0 saturated carbocycles. The second-order valence-corrected chi connectivity index (χ2v) is 6.44. The van der Waals surface area contributed by atoms with Crippen LogP contribution in [0, 0.1) is 0 Å². The van der Waals surface area contributed by atoms with Gasteiger partial charge in [0.15, 0.2) is 6.23 Å². The molecule has 1 aliphatic heterocycles. The fraction of sp³-hybridized carbons (Fsp3) is 0.786. The van der Waals surface area contributed by atoms with Crippen molar-refractivity contribution in [3.8, 4) is 0 Å². The molecule has 10 heteroatoms. The molecular formula is C14H23N3O7. The Morgan fingerprint density at radius 1 is 1.33 bits per heavy atom. The van der Waals surface area contributed by atoms with Crippen LogP contribution in [0.25, 0.3) is 0 Å². The minimum atomic E-state index is -1.50. The Labute approximate surface area is 138 Å². The zero-order chi connectivity index (χ0) is 18.1. The van der Waals surface area contributed by atoms with Crippen molar-refractivity contribution in [2.45, 2.75) is 56.3 Å². The summed E-state index contributed by atoms with van der Waals surface area (Å²) in [5.41, 5.74) is -0.204. The molecule has 1 aromatic heterocycles. The van der Waals surface area contributed by atoms with Gasteiger partial charge in [0.2, 0.25) is 0 Å². The molecule has 1 aliphatic rings. The summed E-state index contributed by atoms with van der Waals surface area (Å²) in [7, 11) is 1.29. The van der Waals surface area contributed by atoms with Crippen molar-refractivity contribution >= 4 is 5.97 Å². The minimum absolute atomic E-state index is 0.0802. The molecule has 3 unspecified atom stereocenters. The highest BCUT2D eigenvalue weighted by Gasteiger charge is 2.45. The van der Waals surface area contributed by atoms with Crippen molar-refractivity contribution in [2.24, 2.45) is 0 Å². The molecular weight excluding hydrogens is 322 g/mol. The molecule has 136 valence electrons. The van der Waals surface area contributed by atoms with E-state index in [9.17, 15) is 25.2 Å². The molecule has 24 heavy (non-hydrogen) atoms. The van der Waals surface area contributed by atoms with E-state index in [0.717, 1.165) is 0 Å². The molecule has 0 spiro atoms. The van der Waals surface area contributed by atoms with Crippen molar-refractivity contribution in [1.82, 2.24) is 15.0 Å². The van der Waals surface area contributed by atoms with E-state index in [-0.39, 0.29) is 6.42 Å². The van der Waals surface area contributed by atoms with Crippen LogP contribution in [0.5, 0.6) is 0 Å². The Morgan fingerprint density at radius 2 is 2.00 bits per heavy atom. The van der Waals surface area contributed by atoms with Gasteiger partial charge in [0.25, 0.3) is 0 Å². The number of methoxy groups -OCH3 is 1. The van der Waals surface area contributed by atoms with Gasteiger partial charge >= 0.3 is 5.97 Å². The number of rotatable bonds is 5. The largest absolute Gasteiger partial charge is 0.469 e. The third kappa shape index (κ3) is 3.57. The number of aliphatic hydroxyl groups excluding tert-OH is 4. The molecule has 4 N–H and O–H groups in total. The first-order valence-corrected chi connectivity index (χ1v) is 7.51. The van der Waals surface area contributed by atoms with Crippen LogP contribution in [-0.4, -0.2) is 79.5 Å². The Kier molecular flexibility index (Phi) is 5.56. The van der Waals surface area contributed by atoms with E-state index in [1.807, 2.05) is 0 Å². The van der Waals surface area contributed by atoms with Crippen LogP contribution in [0.2, 0.25) is 0 Å². The Bertz CT molecular complexity index is 574. The van der Waals surface area contributed by atoms with Crippen LogP contribution < -0.4 is 0 Å². The zero-order valence-corrected chi connectivity index (χ0v) is 13.7. The van der Waals surface area contributed by atoms with Gasteiger partial charge in [0.1, 0.15) is 24.4 Å². The van der Waals surface area contributed by atoms with Gasteiger partial charge in [-0.3, -0.25) is 4.79 Å². The van der Waals surface area contributed by atoms with Crippen molar-refractivity contribution < 1.29 is 34.7 Å². The van der Waals surface area contributed by atoms with E-state index >= 15 is 0 Å². The summed E-state index contributed by atoms with van der Waals surface area (Å²) in [6, 6.07) is 0. The number of aromatic nitrogens is 3. The Morgan fingerprint density at radius 3 is 2.58 bits per heavy atom. The van der Waals surface area contributed by atoms with E-state index in [1.54, 1.807) is 13.8 Å². The van der Waals surface area contributed by atoms with Gasteiger partial charge < -0.3 is 29.9 Å². The number of hydrogen-bond donors (Lipinski definition) is 4. The SMILES string of the molecule is COC(=O)CC(C)(C)c1cn([C@@H]2OC(CO)[C@H](O)C(O)C2O)nn1. The summed E-state index contributed by atoms with van der Waals surface area (Å²) in [6.07, 6.45) is -5.01. The van der Waals surface area contributed by atoms with Crippen LogP contribution in [0.15, 0.2) is 6.20 Å². The molecule has 0 amide bonds. The third-order valence-corrected chi connectivity index (χ3v) is 4.15. The normalized spacial score (nSPS) is 31.0. The second kappa shape index (κ2) is 7.11. The maximum atomic E-state index is 11.5. The lowest BCUT2D eigenvalue weighted by Crippen LogP contribution is -2.56. The number of carbonyl (C=O) groups is 1. The maximum absolute atomic E-state index is 11.5. The van der Waals surface area contributed by atoms with Crippen LogP contribution in [0.1, 0.15) is 32.2 Å². The van der Waals surface area contributed by atoms with Crippen molar-refractivity contribution in [3.05, 3.63) is 11.9 Å². The summed E-state index contributed by atoms with van der Waals surface area (Å²) in [4.78, 5) is 11.5. The predicted molar refractivity (Wildman–Crippen MR) is 78.7 cm³/mol. The predicted octanol–water partition coefficient (Wildman–Crippen LogP) is -1.91. The average molecular weight is 345 g/mol. The van der Waals surface area contributed by atoms with Gasteiger partial charge in [-0.25, -0.2) is 4.68 Å². The van der Waals surface area contributed by atoms with E-state index < -0.39 is 48.6 Å². The van der Waals surface area contributed by atoms with Crippen molar-refractivity contribution in [2.75, 3.05) is 13.7 Å². The van der Waals surface area contributed by atoms with E-state index in [4.69, 9.17) is 4.74 Å². The summed E-state index contributed by atoms with van der Waals surface area (Å²) in [5, 5.41) is 46.8. The molecule has 2 heterocycles. The molecule has 0 aliphatic carbocycles. The highest BCUT2D eigenvalue weighted by molar-refractivity contribution is 5.70. The lowest BCUT2D eigenvalue weighted by atomic mass is 9.86. The zero-order valence-electron chi connectivity index (χ0n) is 13.7. The summed E-state index contributed by atoms with van der Waals surface area (Å²) in [5.74, 6) is -0.401. The van der Waals surface area contributed by atoms with Gasteiger partial charge in [-0.1, -0.05) is 19.1 Å². The van der Waals surface area contributed by atoms with Crippen molar-refractivity contribution in [3.63, 3.8) is 0 Å². The fourth-order valence-electron chi connectivity index (χ4n) is 2.54. The highest BCUT2D eigenvalue weighted by atomic mass is 16.6. The van der Waals surface area contributed by atoms with E-state index in [0.29, 0.717) is 5.69 Å². The van der Waals surface area contributed by atoms with E-state index in [1.165, 1.54) is 18.0 Å². The quantitative estimate of drug-likeness (QED) is 0.449. The monoisotopic (exact) mass is 345 g/mol. The second-order valence-electron chi connectivity index (χ2n) is 6.44. The fourth-order valence-corrected chi connectivity index (χ4v) is 2.54. The molecule has 0 radical (unpaired) electrons. The standard InChI is InChI=1S/C14H23N3O7/c1-14(2,4-9(19)23-3)8-5-17(16-15-8)13-12(22)11(21)10(20)7(6-18)24-13/h5,7,10-13,18,20-22H,4,6H2,1-3H3/t7?,10-,11?,12?,13+/m0/s1. The van der Waals surface area contributed by atoms with Crippen LogP contribution in [0.3, 0.4) is 0 Å². The number of ether oxygens (including phenoxy) is 2. The van der Waals surface area contributed by atoms with E-state index in [2.05, 4.69) is 15.0 Å². The van der Waals surface area contributed by atoms with Crippen LogP contribution in [0.4, 0.5) is 0 Å². The number of hydrogen-bond acceptors (Lipinski definition) is 9. The molecule has 5 atom stereocenters. The number of carbonyl (C=O) groups excluding carboxylic acids is 1. The topological polar surface area (TPSA) is 147 Å². The van der Waals surface area contributed by atoms with Gasteiger partial charge in [0.05, 0.1) is 32.0 Å². The van der Waals surface area contributed by atoms with Gasteiger partial charge in [0, 0.05) is 5.41 Å². The molecule has 1 saturated heterocycles. The highest BCUT2D eigenvalue weighted by Crippen LogP contribution is 2.30. The van der Waals surface area contributed by atoms with Gasteiger partial charge in [-0.15, -0.1) is 5.10 Å². The average Bonchev–Trinajstić information content (AvgIpc) is 3.03. The van der Waals surface area contributed by atoms with Gasteiger partial charge in [-0.05, 0) is 0 Å². The Balaban J connectivity index is 2.21. The Hall–Kier alpha value is -1.59. The molecule has 0 aromatic carbocycles. The van der Waals surface area contributed by atoms with Crippen LogP contribution in [-0.2, 0) is 19.7 Å². The van der Waals surface area contributed by atoms with Crippen molar-refractivity contribution in [1.29, 1.82) is 0 Å². The first kappa shape index (κ1) is 18.7. The molecule has 1 fully saturated rings. The lowest BCUT2D eigenvalue weighted by Gasteiger charge is -2.39. The van der Waals surface area contributed by atoms with Crippen LogP contribution >= 0.6 is 0 Å². The summed E-state index contributed by atoms with van der Waals surface area (Å²) >= 11 is 0. The lowest BCUT2D eigenvalue weighted by molar-refractivity contribution is -0.254.